The average molecular weight is 360 g/mol. The molecule has 0 radical (unpaired) electrons. The molecule has 6 nitrogen and oxygen atoms in total. The van der Waals surface area contributed by atoms with Crippen LogP contribution in [0.4, 0.5) is 5.69 Å². The van der Waals surface area contributed by atoms with Crippen molar-refractivity contribution in [1.29, 1.82) is 0 Å². The predicted molar refractivity (Wildman–Crippen MR) is 98.8 cm³/mol. The van der Waals surface area contributed by atoms with Crippen LogP contribution in [0.3, 0.4) is 0 Å². The van der Waals surface area contributed by atoms with Crippen LogP contribution in [-0.4, -0.2) is 68.5 Å². The van der Waals surface area contributed by atoms with Gasteiger partial charge in [-0.15, -0.1) is 0 Å². The zero-order valence-corrected chi connectivity index (χ0v) is 15.4. The molecule has 1 N–H and O–H groups in total. The molecule has 1 aromatic rings. The molecule has 3 fully saturated rings. The molecule has 0 spiro atoms. The summed E-state index contributed by atoms with van der Waals surface area (Å²) < 4.78 is 10.9. The maximum Gasteiger partial charge on any atom is 0.313 e. The SMILES string of the molecule is COc1cccc(N2CCC(N3C[C@@H]4CCOC[C@]4(C(=O)O)C3)CC2)c1. The number of anilines is 1. The van der Waals surface area contributed by atoms with E-state index in [1.54, 1.807) is 7.11 Å². The Hall–Kier alpha value is -1.79. The Morgan fingerprint density at radius 1 is 1.31 bits per heavy atom. The van der Waals surface area contributed by atoms with Gasteiger partial charge >= 0.3 is 5.97 Å². The highest BCUT2D eigenvalue weighted by atomic mass is 16.5. The van der Waals surface area contributed by atoms with Crippen molar-refractivity contribution in [3.05, 3.63) is 24.3 Å². The Balaban J connectivity index is 1.40. The number of rotatable bonds is 4. The van der Waals surface area contributed by atoms with Crippen LogP contribution in [0, 0.1) is 11.3 Å². The van der Waals surface area contributed by atoms with E-state index in [0.29, 0.717) is 25.8 Å². The number of carboxylic acids is 1. The van der Waals surface area contributed by atoms with E-state index in [9.17, 15) is 9.90 Å². The van der Waals surface area contributed by atoms with Crippen molar-refractivity contribution in [3.63, 3.8) is 0 Å². The minimum Gasteiger partial charge on any atom is -0.497 e. The second kappa shape index (κ2) is 7.08. The van der Waals surface area contributed by atoms with E-state index < -0.39 is 11.4 Å². The van der Waals surface area contributed by atoms with Crippen molar-refractivity contribution >= 4 is 11.7 Å². The van der Waals surface area contributed by atoms with E-state index in [2.05, 4.69) is 21.9 Å². The number of methoxy groups -OCH3 is 1. The lowest BCUT2D eigenvalue weighted by molar-refractivity contribution is -0.159. The largest absolute Gasteiger partial charge is 0.497 e. The van der Waals surface area contributed by atoms with Crippen LogP contribution in [0.5, 0.6) is 5.75 Å². The quantitative estimate of drug-likeness (QED) is 0.887. The number of nitrogens with zero attached hydrogens (tertiary/aromatic N) is 2. The molecule has 0 saturated carbocycles. The summed E-state index contributed by atoms with van der Waals surface area (Å²) in [6.45, 7) is 4.59. The van der Waals surface area contributed by atoms with E-state index in [4.69, 9.17) is 9.47 Å². The number of aliphatic carboxylic acids is 1. The van der Waals surface area contributed by atoms with E-state index in [1.165, 1.54) is 5.69 Å². The average Bonchev–Trinajstić information content (AvgIpc) is 3.09. The van der Waals surface area contributed by atoms with Crippen molar-refractivity contribution in [3.8, 4) is 5.75 Å². The molecule has 3 heterocycles. The molecule has 0 unspecified atom stereocenters. The molecule has 0 bridgehead atoms. The Bertz CT molecular complexity index is 659. The minimum atomic E-state index is -0.692. The van der Waals surface area contributed by atoms with Crippen molar-refractivity contribution in [1.82, 2.24) is 4.90 Å². The van der Waals surface area contributed by atoms with E-state index in [-0.39, 0.29) is 5.92 Å². The number of ether oxygens (including phenoxy) is 2. The molecule has 6 heteroatoms. The number of hydrogen-bond donors (Lipinski definition) is 1. The summed E-state index contributed by atoms with van der Waals surface area (Å²) in [7, 11) is 1.69. The topological polar surface area (TPSA) is 62.2 Å². The van der Waals surface area contributed by atoms with Gasteiger partial charge in [0.1, 0.15) is 11.2 Å². The molecule has 3 aliphatic heterocycles. The first-order valence-corrected chi connectivity index (χ1v) is 9.56. The number of carbonyl (C=O) groups is 1. The third-order valence-corrected chi connectivity index (χ3v) is 6.52. The van der Waals surface area contributed by atoms with Gasteiger partial charge in [-0.3, -0.25) is 9.69 Å². The Labute approximate surface area is 154 Å². The molecule has 2 atom stereocenters. The first kappa shape index (κ1) is 17.6. The molecule has 1 aromatic carbocycles. The normalized spacial score (nSPS) is 30.2. The van der Waals surface area contributed by atoms with Crippen LogP contribution in [0.15, 0.2) is 24.3 Å². The van der Waals surface area contributed by atoms with Crippen LogP contribution in [0.1, 0.15) is 19.3 Å². The zero-order chi connectivity index (χ0) is 18.1. The van der Waals surface area contributed by atoms with Crippen molar-refractivity contribution in [2.24, 2.45) is 11.3 Å². The van der Waals surface area contributed by atoms with Crippen LogP contribution in [0.25, 0.3) is 0 Å². The monoisotopic (exact) mass is 360 g/mol. The molecule has 0 aromatic heterocycles. The number of fused-ring (bicyclic) bond motifs is 1. The Morgan fingerprint density at radius 3 is 2.81 bits per heavy atom. The van der Waals surface area contributed by atoms with Gasteiger partial charge in [-0.2, -0.15) is 0 Å². The van der Waals surface area contributed by atoms with Gasteiger partial charge in [0, 0.05) is 50.6 Å². The van der Waals surface area contributed by atoms with Crippen LogP contribution < -0.4 is 9.64 Å². The molecule has 3 saturated heterocycles. The third kappa shape index (κ3) is 3.05. The summed E-state index contributed by atoms with van der Waals surface area (Å²) in [5.74, 6) is 0.431. The predicted octanol–water partition coefficient (Wildman–Crippen LogP) is 2.09. The van der Waals surface area contributed by atoms with Crippen LogP contribution in [-0.2, 0) is 9.53 Å². The van der Waals surface area contributed by atoms with E-state index in [0.717, 1.165) is 44.6 Å². The highest BCUT2D eigenvalue weighted by Gasteiger charge is 2.55. The molecule has 3 aliphatic rings. The third-order valence-electron chi connectivity index (χ3n) is 6.52. The smallest absolute Gasteiger partial charge is 0.313 e. The van der Waals surface area contributed by atoms with Gasteiger partial charge in [0.05, 0.1) is 13.7 Å². The Kier molecular flexibility index (Phi) is 4.80. The number of likely N-dealkylation sites (tertiary alicyclic amines) is 1. The van der Waals surface area contributed by atoms with E-state index >= 15 is 0 Å². The summed E-state index contributed by atoms with van der Waals surface area (Å²) in [6, 6.07) is 8.68. The van der Waals surface area contributed by atoms with Crippen molar-refractivity contribution in [2.75, 3.05) is 51.4 Å². The van der Waals surface area contributed by atoms with Gasteiger partial charge in [0.25, 0.3) is 0 Å². The number of hydrogen-bond acceptors (Lipinski definition) is 5. The molecular weight excluding hydrogens is 332 g/mol. The molecule has 4 rings (SSSR count). The zero-order valence-electron chi connectivity index (χ0n) is 15.4. The second-order valence-electron chi connectivity index (χ2n) is 7.85. The molecule has 0 aliphatic carbocycles. The summed E-state index contributed by atoms with van der Waals surface area (Å²) in [6.07, 6.45) is 3.01. The minimum absolute atomic E-state index is 0.227. The maximum absolute atomic E-state index is 12.0. The van der Waals surface area contributed by atoms with Crippen LogP contribution in [0.2, 0.25) is 0 Å². The fraction of sp³-hybridized carbons (Fsp3) is 0.650. The van der Waals surface area contributed by atoms with Crippen molar-refractivity contribution < 1.29 is 19.4 Å². The number of piperidine rings is 1. The second-order valence-corrected chi connectivity index (χ2v) is 7.85. The van der Waals surface area contributed by atoms with Crippen molar-refractivity contribution in [2.45, 2.75) is 25.3 Å². The maximum atomic E-state index is 12.0. The standard InChI is InChI=1S/C20H28N2O4/c1-25-18-4-2-3-17(11-18)21-8-5-16(6-9-21)22-12-15-7-10-26-14-20(15,13-22)19(23)24/h2-4,11,15-16H,5-10,12-14H2,1H3,(H,23,24)/t15-,20+/m0/s1. The molecule has 142 valence electrons. The highest BCUT2D eigenvalue weighted by Crippen LogP contribution is 2.43. The van der Waals surface area contributed by atoms with E-state index in [1.807, 2.05) is 12.1 Å². The lowest BCUT2D eigenvalue weighted by atomic mass is 9.76. The lowest BCUT2D eigenvalue weighted by Crippen LogP contribution is -2.48. The van der Waals surface area contributed by atoms with Gasteiger partial charge in [-0.05, 0) is 37.3 Å². The fourth-order valence-corrected chi connectivity index (χ4v) is 4.90. The number of benzene rings is 1. The van der Waals surface area contributed by atoms with Gasteiger partial charge < -0.3 is 19.5 Å². The summed E-state index contributed by atoms with van der Waals surface area (Å²) in [5, 5.41) is 9.83. The van der Waals surface area contributed by atoms with Gasteiger partial charge in [-0.1, -0.05) is 6.07 Å². The first-order chi connectivity index (χ1) is 12.6. The molecule has 26 heavy (non-hydrogen) atoms. The van der Waals surface area contributed by atoms with Gasteiger partial charge in [0.2, 0.25) is 0 Å². The van der Waals surface area contributed by atoms with Gasteiger partial charge in [-0.25, -0.2) is 0 Å². The summed E-state index contributed by atoms with van der Waals surface area (Å²) in [5.41, 5.74) is 0.510. The highest BCUT2D eigenvalue weighted by molar-refractivity contribution is 5.76. The fourth-order valence-electron chi connectivity index (χ4n) is 4.90. The lowest BCUT2D eigenvalue weighted by Gasteiger charge is -2.38. The van der Waals surface area contributed by atoms with Crippen LogP contribution >= 0.6 is 0 Å². The summed E-state index contributed by atoms with van der Waals surface area (Å²) in [4.78, 5) is 16.8. The molecule has 0 amide bonds. The molecular formula is C20H28N2O4. The van der Waals surface area contributed by atoms with Gasteiger partial charge in [0.15, 0.2) is 0 Å². The Morgan fingerprint density at radius 2 is 2.12 bits per heavy atom. The number of carboxylic acid groups (broad SMARTS) is 1. The first-order valence-electron chi connectivity index (χ1n) is 9.56. The summed E-state index contributed by atoms with van der Waals surface area (Å²) >= 11 is 0.